The smallest absolute Gasteiger partial charge is 0.207 e. The van der Waals surface area contributed by atoms with Crippen molar-refractivity contribution in [1.29, 1.82) is 5.26 Å². The fourth-order valence-corrected chi connectivity index (χ4v) is 3.70. The maximum atomic E-state index is 12.4. The summed E-state index contributed by atoms with van der Waals surface area (Å²) in [7, 11) is -3.73. The molecule has 0 radical (unpaired) electrons. The first-order chi connectivity index (χ1) is 8.62. The Bertz CT molecular complexity index is 620. The molecule has 4 nitrogen and oxygen atoms in total. The molecule has 0 heterocycles. The van der Waals surface area contributed by atoms with Gasteiger partial charge in [0.15, 0.2) is 0 Å². The van der Waals surface area contributed by atoms with E-state index in [0.717, 1.165) is 0 Å². The SMILES string of the molecule is Cc1ccc(Br)cc1S(=O)(=O)N[C@@](C)(C#N)C(C)C. The lowest BCUT2D eigenvalue weighted by molar-refractivity contribution is 0.388. The highest BCUT2D eigenvalue weighted by Crippen LogP contribution is 2.24. The highest BCUT2D eigenvalue weighted by atomic mass is 79.9. The van der Waals surface area contributed by atoms with E-state index in [1.165, 1.54) is 6.07 Å². The number of nitriles is 1. The van der Waals surface area contributed by atoms with Crippen molar-refractivity contribution < 1.29 is 8.42 Å². The van der Waals surface area contributed by atoms with E-state index >= 15 is 0 Å². The van der Waals surface area contributed by atoms with E-state index in [-0.39, 0.29) is 10.8 Å². The van der Waals surface area contributed by atoms with E-state index < -0.39 is 15.6 Å². The average Bonchev–Trinajstić information content (AvgIpc) is 2.31. The highest BCUT2D eigenvalue weighted by molar-refractivity contribution is 9.10. The van der Waals surface area contributed by atoms with Crippen LogP contribution in [-0.2, 0) is 10.0 Å². The van der Waals surface area contributed by atoms with Crippen LogP contribution in [0.3, 0.4) is 0 Å². The second-order valence-electron chi connectivity index (χ2n) is 4.98. The molecule has 0 aliphatic carbocycles. The summed E-state index contributed by atoms with van der Waals surface area (Å²) in [5.41, 5.74) is -0.493. The van der Waals surface area contributed by atoms with E-state index in [9.17, 15) is 13.7 Å². The topological polar surface area (TPSA) is 70.0 Å². The predicted octanol–water partition coefficient (Wildman–Crippen LogP) is 2.97. The number of aryl methyl sites for hydroxylation is 1. The van der Waals surface area contributed by atoms with Crippen molar-refractivity contribution in [2.45, 2.75) is 38.1 Å². The molecule has 0 aliphatic rings. The minimum atomic E-state index is -3.73. The number of nitrogens with one attached hydrogen (secondary N) is 1. The van der Waals surface area contributed by atoms with Gasteiger partial charge in [-0.15, -0.1) is 0 Å². The Labute approximate surface area is 123 Å². The zero-order chi connectivity index (χ0) is 14.8. The van der Waals surface area contributed by atoms with Gasteiger partial charge in [-0.1, -0.05) is 35.8 Å². The highest BCUT2D eigenvalue weighted by Gasteiger charge is 2.34. The van der Waals surface area contributed by atoms with E-state index in [2.05, 4.69) is 20.7 Å². The van der Waals surface area contributed by atoms with E-state index in [1.54, 1.807) is 39.8 Å². The van der Waals surface area contributed by atoms with Crippen molar-refractivity contribution in [1.82, 2.24) is 4.72 Å². The molecule has 1 N–H and O–H groups in total. The van der Waals surface area contributed by atoms with Crippen molar-refractivity contribution in [2.24, 2.45) is 5.92 Å². The standard InChI is InChI=1S/C13H17BrN2O2S/c1-9(2)13(4,8-15)16-19(17,18)12-7-11(14)6-5-10(12)3/h5-7,9,16H,1-4H3/t13-/m0/s1. The molecule has 0 fully saturated rings. The summed E-state index contributed by atoms with van der Waals surface area (Å²) >= 11 is 3.26. The summed E-state index contributed by atoms with van der Waals surface area (Å²) in [5, 5.41) is 9.20. The molecule has 0 aromatic heterocycles. The third-order valence-corrected chi connectivity index (χ3v) is 5.38. The number of rotatable bonds is 4. The fraction of sp³-hybridized carbons (Fsp3) is 0.462. The van der Waals surface area contributed by atoms with Crippen LogP contribution in [0.25, 0.3) is 0 Å². The van der Waals surface area contributed by atoms with Gasteiger partial charge >= 0.3 is 0 Å². The van der Waals surface area contributed by atoms with Crippen LogP contribution < -0.4 is 4.72 Å². The monoisotopic (exact) mass is 344 g/mol. The van der Waals surface area contributed by atoms with Gasteiger partial charge < -0.3 is 0 Å². The van der Waals surface area contributed by atoms with E-state index in [4.69, 9.17) is 0 Å². The Morgan fingerprint density at radius 2 is 2.00 bits per heavy atom. The van der Waals surface area contributed by atoms with Crippen LogP contribution in [0.15, 0.2) is 27.6 Å². The van der Waals surface area contributed by atoms with Gasteiger partial charge in [-0.25, -0.2) is 8.42 Å². The number of hydrogen-bond acceptors (Lipinski definition) is 3. The fourth-order valence-electron chi connectivity index (χ4n) is 1.47. The summed E-state index contributed by atoms with van der Waals surface area (Å²) in [6.45, 7) is 6.92. The minimum absolute atomic E-state index is 0.139. The third kappa shape index (κ3) is 3.56. The number of nitrogens with zero attached hydrogens (tertiary/aromatic N) is 1. The Hall–Kier alpha value is -0.900. The molecule has 6 heteroatoms. The van der Waals surface area contributed by atoms with Crippen molar-refractivity contribution in [3.8, 4) is 6.07 Å². The van der Waals surface area contributed by atoms with Crippen LogP contribution in [0.5, 0.6) is 0 Å². The molecule has 0 aliphatic heterocycles. The number of sulfonamides is 1. The molecule has 104 valence electrons. The summed E-state index contributed by atoms with van der Waals surface area (Å²) in [5.74, 6) is -0.139. The van der Waals surface area contributed by atoms with Crippen LogP contribution in [0, 0.1) is 24.2 Å². The van der Waals surface area contributed by atoms with E-state index in [0.29, 0.717) is 10.0 Å². The van der Waals surface area contributed by atoms with Crippen LogP contribution >= 0.6 is 15.9 Å². The molecular formula is C13H17BrN2O2S. The van der Waals surface area contributed by atoms with Crippen LogP contribution in [0.1, 0.15) is 26.3 Å². The second kappa shape index (κ2) is 5.61. The van der Waals surface area contributed by atoms with Gasteiger partial charge in [-0.2, -0.15) is 9.98 Å². The molecule has 1 rings (SSSR count). The maximum Gasteiger partial charge on any atom is 0.242 e. The molecule has 1 atom stereocenters. The predicted molar refractivity (Wildman–Crippen MR) is 78.1 cm³/mol. The first-order valence-corrected chi connectivity index (χ1v) is 8.11. The van der Waals surface area contributed by atoms with E-state index in [1.807, 2.05) is 6.07 Å². The number of halogens is 1. The first-order valence-electron chi connectivity index (χ1n) is 5.84. The Morgan fingerprint density at radius 3 is 2.47 bits per heavy atom. The van der Waals surface area contributed by atoms with Gasteiger partial charge in [0, 0.05) is 4.47 Å². The molecule has 0 spiro atoms. The lowest BCUT2D eigenvalue weighted by Gasteiger charge is -2.27. The zero-order valence-corrected chi connectivity index (χ0v) is 13.8. The largest absolute Gasteiger partial charge is 0.242 e. The van der Waals surface area contributed by atoms with Crippen molar-refractivity contribution >= 4 is 26.0 Å². The number of benzene rings is 1. The minimum Gasteiger partial charge on any atom is -0.207 e. The van der Waals surface area contributed by atoms with Crippen molar-refractivity contribution in [2.75, 3.05) is 0 Å². The van der Waals surface area contributed by atoms with Gasteiger partial charge in [-0.3, -0.25) is 0 Å². The lowest BCUT2D eigenvalue weighted by atomic mass is 9.92. The van der Waals surface area contributed by atoms with Gasteiger partial charge in [0.2, 0.25) is 10.0 Å². The molecule has 1 aromatic carbocycles. The lowest BCUT2D eigenvalue weighted by Crippen LogP contribution is -2.48. The molecule has 19 heavy (non-hydrogen) atoms. The summed E-state index contributed by atoms with van der Waals surface area (Å²) in [6.07, 6.45) is 0. The second-order valence-corrected chi connectivity index (χ2v) is 7.55. The summed E-state index contributed by atoms with van der Waals surface area (Å²) < 4.78 is 28.0. The molecule has 0 bridgehead atoms. The Kier molecular flexibility index (Phi) is 4.77. The first kappa shape index (κ1) is 16.2. The van der Waals surface area contributed by atoms with Gasteiger partial charge in [0.05, 0.1) is 11.0 Å². The Balaban J connectivity index is 3.27. The maximum absolute atomic E-state index is 12.4. The summed E-state index contributed by atoms with van der Waals surface area (Å²) in [6, 6.07) is 7.07. The van der Waals surface area contributed by atoms with Crippen LogP contribution in [0.2, 0.25) is 0 Å². The molecule has 1 aromatic rings. The molecule has 0 amide bonds. The van der Waals surface area contributed by atoms with Crippen LogP contribution in [-0.4, -0.2) is 14.0 Å². The normalized spacial score (nSPS) is 15.0. The molecular weight excluding hydrogens is 328 g/mol. The third-order valence-electron chi connectivity index (χ3n) is 3.17. The molecule has 0 saturated carbocycles. The zero-order valence-electron chi connectivity index (χ0n) is 11.4. The van der Waals surface area contributed by atoms with Crippen LogP contribution in [0.4, 0.5) is 0 Å². The van der Waals surface area contributed by atoms with Crippen molar-refractivity contribution in [3.05, 3.63) is 28.2 Å². The van der Waals surface area contributed by atoms with Gasteiger partial charge in [-0.05, 0) is 37.5 Å². The quantitative estimate of drug-likeness (QED) is 0.912. The van der Waals surface area contributed by atoms with Gasteiger partial charge in [0.25, 0.3) is 0 Å². The molecule has 0 unspecified atom stereocenters. The van der Waals surface area contributed by atoms with Crippen molar-refractivity contribution in [3.63, 3.8) is 0 Å². The van der Waals surface area contributed by atoms with Gasteiger partial charge in [0.1, 0.15) is 5.54 Å². The summed E-state index contributed by atoms with van der Waals surface area (Å²) in [4.78, 5) is 0.184. The Morgan fingerprint density at radius 1 is 1.42 bits per heavy atom. The molecule has 0 saturated heterocycles. The number of hydrogen-bond donors (Lipinski definition) is 1. The average molecular weight is 345 g/mol.